The summed E-state index contributed by atoms with van der Waals surface area (Å²) in [4.78, 5) is 4.18. The summed E-state index contributed by atoms with van der Waals surface area (Å²) in [5.74, 6) is 0.303. The number of halogens is 1. The van der Waals surface area contributed by atoms with Crippen LogP contribution in [0, 0.1) is 11.7 Å². The molecule has 18 heavy (non-hydrogen) atoms. The summed E-state index contributed by atoms with van der Waals surface area (Å²) < 4.78 is 15.0. The van der Waals surface area contributed by atoms with Crippen LogP contribution in [-0.4, -0.2) is 23.1 Å². The van der Waals surface area contributed by atoms with Gasteiger partial charge in [-0.05, 0) is 49.3 Å². The Labute approximate surface area is 107 Å². The van der Waals surface area contributed by atoms with Crippen LogP contribution >= 0.6 is 0 Å². The van der Waals surface area contributed by atoms with Gasteiger partial charge in [0.05, 0.1) is 18.2 Å². The highest BCUT2D eigenvalue weighted by molar-refractivity contribution is 5.58. The first kappa shape index (κ1) is 12.8. The summed E-state index contributed by atoms with van der Waals surface area (Å²) in [5.41, 5.74) is 2.02. The van der Waals surface area contributed by atoms with Crippen LogP contribution in [0.4, 0.5) is 4.39 Å². The maximum atomic E-state index is 12.9. The third kappa shape index (κ3) is 2.96. The van der Waals surface area contributed by atoms with E-state index >= 15 is 0 Å². The zero-order valence-electron chi connectivity index (χ0n) is 10.7. The van der Waals surface area contributed by atoms with Crippen molar-refractivity contribution in [2.75, 3.05) is 13.6 Å². The standard InChI is InChI=1S/C14H18FN3/c1-11(7-16-2)9-18-10-17-8-14(18)12-3-5-13(15)6-4-12/h3-6,8,10-11,16H,7,9H2,1-2H3. The minimum Gasteiger partial charge on any atom is -0.330 e. The van der Waals surface area contributed by atoms with Gasteiger partial charge in [-0.25, -0.2) is 9.37 Å². The van der Waals surface area contributed by atoms with Gasteiger partial charge < -0.3 is 9.88 Å². The smallest absolute Gasteiger partial charge is 0.123 e. The first-order valence-electron chi connectivity index (χ1n) is 6.11. The SMILES string of the molecule is CNCC(C)Cn1cncc1-c1ccc(F)cc1. The van der Waals surface area contributed by atoms with Crippen molar-refractivity contribution in [3.05, 3.63) is 42.6 Å². The molecule has 0 aliphatic carbocycles. The van der Waals surface area contributed by atoms with Gasteiger partial charge in [-0.3, -0.25) is 0 Å². The molecular formula is C14H18FN3. The van der Waals surface area contributed by atoms with Crippen LogP contribution in [0.2, 0.25) is 0 Å². The van der Waals surface area contributed by atoms with E-state index in [9.17, 15) is 4.39 Å². The summed E-state index contributed by atoms with van der Waals surface area (Å²) in [6.45, 7) is 4.04. The molecule has 96 valence electrons. The summed E-state index contributed by atoms with van der Waals surface area (Å²) in [5, 5.41) is 3.16. The van der Waals surface area contributed by atoms with E-state index in [1.54, 1.807) is 12.1 Å². The Morgan fingerprint density at radius 1 is 1.33 bits per heavy atom. The van der Waals surface area contributed by atoms with Crippen LogP contribution in [0.1, 0.15) is 6.92 Å². The Morgan fingerprint density at radius 2 is 2.06 bits per heavy atom. The average molecular weight is 247 g/mol. The Kier molecular flexibility index (Phi) is 4.10. The van der Waals surface area contributed by atoms with Crippen molar-refractivity contribution in [3.63, 3.8) is 0 Å². The van der Waals surface area contributed by atoms with Gasteiger partial charge in [0.15, 0.2) is 0 Å². The fraction of sp³-hybridized carbons (Fsp3) is 0.357. The normalized spacial score (nSPS) is 12.6. The number of imidazole rings is 1. The van der Waals surface area contributed by atoms with Crippen molar-refractivity contribution in [3.8, 4) is 11.3 Å². The molecule has 4 heteroatoms. The molecule has 1 heterocycles. The van der Waals surface area contributed by atoms with Crippen molar-refractivity contribution in [2.24, 2.45) is 5.92 Å². The highest BCUT2D eigenvalue weighted by atomic mass is 19.1. The summed E-state index contributed by atoms with van der Waals surface area (Å²) in [6.07, 6.45) is 3.64. The second kappa shape index (κ2) is 5.78. The predicted molar refractivity (Wildman–Crippen MR) is 70.7 cm³/mol. The lowest BCUT2D eigenvalue weighted by molar-refractivity contribution is 0.464. The number of rotatable bonds is 5. The van der Waals surface area contributed by atoms with Crippen LogP contribution in [0.3, 0.4) is 0 Å². The van der Waals surface area contributed by atoms with Gasteiger partial charge in [0.25, 0.3) is 0 Å². The lowest BCUT2D eigenvalue weighted by Gasteiger charge is -2.14. The van der Waals surface area contributed by atoms with Gasteiger partial charge >= 0.3 is 0 Å². The van der Waals surface area contributed by atoms with Crippen molar-refractivity contribution in [1.82, 2.24) is 14.9 Å². The number of nitrogens with one attached hydrogen (secondary N) is 1. The minimum atomic E-state index is -0.214. The van der Waals surface area contributed by atoms with Crippen molar-refractivity contribution in [1.29, 1.82) is 0 Å². The molecular weight excluding hydrogens is 229 g/mol. The second-order valence-electron chi connectivity index (χ2n) is 4.60. The van der Waals surface area contributed by atoms with Crippen molar-refractivity contribution in [2.45, 2.75) is 13.5 Å². The molecule has 2 aromatic rings. The molecule has 1 unspecified atom stereocenters. The number of benzene rings is 1. The van der Waals surface area contributed by atoms with Gasteiger partial charge in [-0.2, -0.15) is 0 Å². The molecule has 2 rings (SSSR count). The minimum absolute atomic E-state index is 0.214. The lowest BCUT2D eigenvalue weighted by Crippen LogP contribution is -2.20. The molecule has 1 N–H and O–H groups in total. The Bertz CT molecular complexity index is 490. The third-order valence-electron chi connectivity index (χ3n) is 2.91. The second-order valence-corrected chi connectivity index (χ2v) is 4.60. The van der Waals surface area contributed by atoms with Crippen LogP contribution < -0.4 is 5.32 Å². The molecule has 1 aromatic carbocycles. The zero-order valence-corrected chi connectivity index (χ0v) is 10.7. The molecule has 0 spiro atoms. The molecule has 0 aliphatic rings. The van der Waals surface area contributed by atoms with Crippen LogP contribution in [-0.2, 0) is 6.54 Å². The van der Waals surface area contributed by atoms with Crippen LogP contribution in [0.15, 0.2) is 36.8 Å². The van der Waals surface area contributed by atoms with Crippen LogP contribution in [0.25, 0.3) is 11.3 Å². The molecule has 0 aliphatic heterocycles. The third-order valence-corrected chi connectivity index (χ3v) is 2.91. The van der Waals surface area contributed by atoms with E-state index in [4.69, 9.17) is 0 Å². The summed E-state index contributed by atoms with van der Waals surface area (Å²) in [6, 6.07) is 6.52. The molecule has 0 saturated carbocycles. The Morgan fingerprint density at radius 3 is 2.72 bits per heavy atom. The molecule has 0 bridgehead atoms. The van der Waals surface area contributed by atoms with E-state index in [2.05, 4.69) is 21.8 Å². The Hall–Kier alpha value is -1.68. The maximum absolute atomic E-state index is 12.9. The molecule has 0 radical (unpaired) electrons. The quantitative estimate of drug-likeness (QED) is 0.880. The van der Waals surface area contributed by atoms with Crippen LogP contribution in [0.5, 0.6) is 0 Å². The topological polar surface area (TPSA) is 29.9 Å². The maximum Gasteiger partial charge on any atom is 0.123 e. The van der Waals surface area contributed by atoms with Gasteiger partial charge in [0.2, 0.25) is 0 Å². The first-order valence-corrected chi connectivity index (χ1v) is 6.11. The highest BCUT2D eigenvalue weighted by Gasteiger charge is 2.08. The Balaban J connectivity index is 2.19. The average Bonchev–Trinajstić information content (AvgIpc) is 2.78. The number of hydrogen-bond acceptors (Lipinski definition) is 2. The van der Waals surface area contributed by atoms with E-state index in [1.165, 1.54) is 12.1 Å². The van der Waals surface area contributed by atoms with E-state index in [-0.39, 0.29) is 5.82 Å². The van der Waals surface area contributed by atoms with E-state index in [1.807, 2.05) is 19.6 Å². The van der Waals surface area contributed by atoms with Crippen molar-refractivity contribution < 1.29 is 4.39 Å². The number of hydrogen-bond donors (Lipinski definition) is 1. The van der Waals surface area contributed by atoms with E-state index in [0.29, 0.717) is 5.92 Å². The van der Waals surface area contributed by atoms with Gasteiger partial charge in [-0.1, -0.05) is 6.92 Å². The lowest BCUT2D eigenvalue weighted by atomic mass is 10.1. The number of nitrogens with zero attached hydrogens (tertiary/aromatic N) is 2. The molecule has 0 fully saturated rings. The van der Waals surface area contributed by atoms with E-state index < -0.39 is 0 Å². The molecule has 0 saturated heterocycles. The van der Waals surface area contributed by atoms with Gasteiger partial charge in [0, 0.05) is 6.54 Å². The van der Waals surface area contributed by atoms with Gasteiger partial charge in [-0.15, -0.1) is 0 Å². The predicted octanol–water partition coefficient (Wildman–Crippen LogP) is 2.54. The van der Waals surface area contributed by atoms with E-state index in [0.717, 1.165) is 24.3 Å². The highest BCUT2D eigenvalue weighted by Crippen LogP contribution is 2.20. The molecule has 1 aromatic heterocycles. The largest absolute Gasteiger partial charge is 0.330 e. The zero-order chi connectivity index (χ0) is 13.0. The van der Waals surface area contributed by atoms with Crippen molar-refractivity contribution >= 4 is 0 Å². The fourth-order valence-electron chi connectivity index (χ4n) is 2.08. The van der Waals surface area contributed by atoms with Gasteiger partial charge in [0.1, 0.15) is 5.82 Å². The summed E-state index contributed by atoms with van der Waals surface area (Å²) in [7, 11) is 1.95. The first-order chi connectivity index (χ1) is 8.70. The molecule has 3 nitrogen and oxygen atoms in total. The summed E-state index contributed by atoms with van der Waals surface area (Å²) >= 11 is 0. The number of aromatic nitrogens is 2. The molecule has 0 amide bonds. The monoisotopic (exact) mass is 247 g/mol. The molecule has 1 atom stereocenters. The fourth-order valence-corrected chi connectivity index (χ4v) is 2.08.